The van der Waals surface area contributed by atoms with Gasteiger partial charge < -0.3 is 17.0 Å². The van der Waals surface area contributed by atoms with Gasteiger partial charge in [-0.2, -0.15) is 9.13 Å². The lowest BCUT2D eigenvalue weighted by atomic mass is 10.0. The molecule has 0 aliphatic heterocycles. The first-order chi connectivity index (χ1) is 17.5. The predicted octanol–water partition coefficient (Wildman–Crippen LogP) is 6.93. The van der Waals surface area contributed by atoms with Crippen molar-refractivity contribution >= 4 is 63.4 Å². The molecule has 0 saturated carbocycles. The van der Waals surface area contributed by atoms with Gasteiger partial charge in [0.2, 0.25) is 0 Å². The van der Waals surface area contributed by atoms with Crippen molar-refractivity contribution in [3.8, 4) is 17.1 Å². The number of ether oxygens (including phenoxy) is 1. The molecule has 0 aliphatic carbocycles. The van der Waals surface area contributed by atoms with Crippen LogP contribution in [0.15, 0.2) is 60.9 Å². The predicted molar refractivity (Wildman–Crippen MR) is 166 cm³/mol. The summed E-state index contributed by atoms with van der Waals surface area (Å²) in [6.45, 7) is 12.9. The van der Waals surface area contributed by atoms with Crippen LogP contribution in [0.5, 0.6) is 5.75 Å². The lowest BCUT2D eigenvalue weighted by Gasteiger charge is -2.28. The Morgan fingerprint density at radius 1 is 0.865 bits per heavy atom. The fraction of sp³-hybridized carbons (Fsp3) is 0.276. The Hall–Kier alpha value is -1.75. The molecular weight excluding hydrogens is 558 g/mol. The largest absolute Gasteiger partial charge is 0.730 e. The average Bonchev–Trinajstić information content (AvgIpc) is 3.23. The van der Waals surface area contributed by atoms with Crippen LogP contribution in [-0.2, 0) is 24.1 Å². The third kappa shape index (κ3) is 6.29. The molecule has 1 atom stereocenters. The van der Waals surface area contributed by atoms with Crippen molar-refractivity contribution in [3.63, 3.8) is 0 Å². The van der Waals surface area contributed by atoms with E-state index in [-0.39, 0.29) is 5.34 Å². The molecule has 0 N–H and O–H groups in total. The summed E-state index contributed by atoms with van der Waals surface area (Å²) in [6, 6.07) is 16.8. The average molecular weight is 592 g/mol. The first kappa shape index (κ1) is 29.8. The third-order valence-electron chi connectivity index (χ3n) is 6.22. The van der Waals surface area contributed by atoms with Crippen LogP contribution in [0.2, 0.25) is 0 Å². The number of methoxy groups -OCH3 is 1. The summed E-state index contributed by atoms with van der Waals surface area (Å²) < 4.78 is 9.85. The third-order valence-corrected chi connectivity index (χ3v) is 10.4. The van der Waals surface area contributed by atoms with Gasteiger partial charge in [0.25, 0.3) is 5.57 Å². The van der Waals surface area contributed by atoms with Gasteiger partial charge in [0.15, 0.2) is 0 Å². The van der Waals surface area contributed by atoms with Crippen molar-refractivity contribution in [1.29, 1.82) is 0 Å². The number of rotatable bonds is 5. The van der Waals surface area contributed by atoms with E-state index in [1.807, 2.05) is 24.3 Å². The van der Waals surface area contributed by atoms with Crippen LogP contribution in [0.4, 0.5) is 0 Å². The molecule has 0 fully saturated rings. The minimum absolute atomic E-state index is 0.194. The number of hydrogen-bond acceptors (Lipinski definition) is 3. The highest BCUT2D eigenvalue weighted by Gasteiger charge is 2.30. The lowest BCUT2D eigenvalue weighted by molar-refractivity contribution is -0.575. The van der Waals surface area contributed by atoms with Crippen molar-refractivity contribution in [2.24, 2.45) is 0 Å². The van der Waals surface area contributed by atoms with E-state index in [9.17, 15) is 0 Å². The van der Waals surface area contributed by atoms with Crippen LogP contribution in [0.3, 0.4) is 0 Å². The number of aryl methyl sites for hydroxylation is 6. The molecule has 0 radical (unpaired) electrons. The first-order valence-corrected chi connectivity index (χ1v) is 16.7. The van der Waals surface area contributed by atoms with Gasteiger partial charge in [-0.25, -0.2) is 0 Å². The summed E-state index contributed by atoms with van der Waals surface area (Å²) in [7, 11) is 1.67. The van der Waals surface area contributed by atoms with Gasteiger partial charge in [0, 0.05) is 0 Å². The minimum atomic E-state index is -2.60. The quantitative estimate of drug-likeness (QED) is 0.109. The van der Waals surface area contributed by atoms with Crippen molar-refractivity contribution in [3.05, 3.63) is 94.3 Å². The Balaban J connectivity index is 0.00000121. The van der Waals surface area contributed by atoms with E-state index in [2.05, 4.69) is 87.3 Å². The Morgan fingerprint density at radius 3 is 1.78 bits per heavy atom. The van der Waals surface area contributed by atoms with Crippen LogP contribution < -0.4 is 20.2 Å². The van der Waals surface area contributed by atoms with E-state index in [1.54, 1.807) is 7.11 Å². The molecule has 1 aromatic heterocycles. The molecule has 196 valence electrons. The van der Waals surface area contributed by atoms with Gasteiger partial charge in [-0.05, 0) is 86.5 Å². The maximum absolute atomic E-state index is 6.35. The Labute approximate surface area is 241 Å². The number of aromatic nitrogens is 2. The van der Waals surface area contributed by atoms with E-state index in [0.29, 0.717) is 0 Å². The van der Waals surface area contributed by atoms with Crippen molar-refractivity contribution in [2.45, 2.75) is 41.5 Å². The molecule has 8 heteroatoms. The molecule has 0 saturated heterocycles. The second-order valence-electron chi connectivity index (χ2n) is 9.18. The molecule has 1 heterocycles. The molecular formula is C29H33Cl2N2OPS2. The topological polar surface area (TPSA) is 18.0 Å². The van der Waals surface area contributed by atoms with E-state index in [0.717, 1.165) is 28.0 Å². The number of imidazole rings is 1. The molecule has 3 aromatic carbocycles. The zero-order chi connectivity index (χ0) is 27.5. The smallest absolute Gasteiger partial charge is 0.277 e. The van der Waals surface area contributed by atoms with E-state index in [1.165, 1.54) is 33.4 Å². The first-order valence-electron chi connectivity index (χ1n) is 11.8. The Kier molecular flexibility index (Phi) is 9.99. The van der Waals surface area contributed by atoms with Crippen LogP contribution in [0.1, 0.15) is 33.4 Å². The van der Waals surface area contributed by atoms with Crippen molar-refractivity contribution in [2.75, 3.05) is 12.4 Å². The summed E-state index contributed by atoms with van der Waals surface area (Å²) in [5, 5.41) is -1.42. The maximum atomic E-state index is 6.35. The van der Waals surface area contributed by atoms with Crippen LogP contribution >= 0.6 is 28.4 Å². The SMILES string of the molecule is COc1ccc(P(=S)([S-])c2n(-c3c(C)cc(C)cc3C)cc[n+]2-c2c(C)cc(C)cc2C)cc1.ClCCl. The van der Waals surface area contributed by atoms with Crippen molar-refractivity contribution in [1.82, 2.24) is 4.57 Å². The number of halogens is 2. The normalized spacial score (nSPS) is 12.5. The van der Waals surface area contributed by atoms with Gasteiger partial charge in [0.05, 0.1) is 12.4 Å². The minimum Gasteiger partial charge on any atom is -0.730 e. The fourth-order valence-electron chi connectivity index (χ4n) is 5.01. The Bertz CT molecular complexity index is 1340. The molecule has 0 bridgehead atoms. The van der Waals surface area contributed by atoms with Crippen LogP contribution in [0.25, 0.3) is 11.4 Å². The lowest BCUT2D eigenvalue weighted by Crippen LogP contribution is -2.49. The molecule has 3 nitrogen and oxygen atoms in total. The number of hydrogen-bond donors (Lipinski definition) is 0. The van der Waals surface area contributed by atoms with Crippen LogP contribution in [0, 0.1) is 41.5 Å². The van der Waals surface area contributed by atoms with E-state index < -0.39 is 5.24 Å². The molecule has 0 amide bonds. The zero-order valence-corrected chi connectivity index (χ0v) is 26.3. The maximum Gasteiger partial charge on any atom is 0.277 e. The zero-order valence-electron chi connectivity index (χ0n) is 22.3. The molecule has 4 aromatic rings. The molecule has 1 unspecified atom stereocenters. The van der Waals surface area contributed by atoms with Gasteiger partial charge in [0.1, 0.15) is 29.5 Å². The number of alkyl halides is 2. The second-order valence-corrected chi connectivity index (χ2v) is 16.0. The summed E-state index contributed by atoms with van der Waals surface area (Å²) in [4.78, 5) is 0. The number of nitrogens with zero attached hydrogens (tertiary/aromatic N) is 2. The van der Waals surface area contributed by atoms with Gasteiger partial charge in [-0.1, -0.05) is 47.5 Å². The highest BCUT2D eigenvalue weighted by molar-refractivity contribution is 8.60. The standard InChI is InChI=1S/C28H31N2OPS2.CH2Cl2/c1-18-14-20(3)26(21(4)15-18)29-12-13-30(27-22(5)16-19(2)17-23(27)6)28(29)32(33,34)25-10-8-24(31-7)9-11-25;2-1-3/h8-17H,1-7H3;1H2. The number of benzene rings is 3. The van der Waals surface area contributed by atoms with E-state index >= 15 is 0 Å². The summed E-state index contributed by atoms with van der Waals surface area (Å²) in [6.07, 6.45) is 4.24. The highest BCUT2D eigenvalue weighted by atomic mass is 35.5. The monoisotopic (exact) mass is 590 g/mol. The molecule has 37 heavy (non-hydrogen) atoms. The fourth-order valence-corrected chi connectivity index (χ4v) is 8.47. The summed E-state index contributed by atoms with van der Waals surface area (Å²) in [5.74, 6) is 0.799. The molecule has 0 spiro atoms. The van der Waals surface area contributed by atoms with Gasteiger partial charge in [-0.15, -0.1) is 35.0 Å². The molecule has 4 rings (SSSR count). The van der Waals surface area contributed by atoms with Gasteiger partial charge in [-0.3, -0.25) is 0 Å². The highest BCUT2D eigenvalue weighted by Crippen LogP contribution is 2.42. The van der Waals surface area contributed by atoms with Gasteiger partial charge >= 0.3 is 0 Å². The second kappa shape index (κ2) is 12.4. The van der Waals surface area contributed by atoms with Crippen molar-refractivity contribution < 1.29 is 9.30 Å². The Morgan fingerprint density at radius 2 is 1.32 bits per heavy atom. The summed E-state index contributed by atoms with van der Waals surface area (Å²) >= 11 is 22.2. The summed E-state index contributed by atoms with van der Waals surface area (Å²) in [5.41, 5.74) is 10.6. The van der Waals surface area contributed by atoms with E-state index in [4.69, 9.17) is 52.0 Å². The van der Waals surface area contributed by atoms with Crippen LogP contribution in [-0.4, -0.2) is 17.0 Å². The molecule has 0 aliphatic rings.